The second-order valence-corrected chi connectivity index (χ2v) is 4.30. The summed E-state index contributed by atoms with van der Waals surface area (Å²) in [5.41, 5.74) is 1.16. The van der Waals surface area contributed by atoms with Gasteiger partial charge in [-0.05, 0) is 24.1 Å². The van der Waals surface area contributed by atoms with Gasteiger partial charge in [0, 0.05) is 12.1 Å². The Morgan fingerprint density at radius 2 is 2.00 bits per heavy atom. The van der Waals surface area contributed by atoms with Crippen molar-refractivity contribution in [3.8, 4) is 0 Å². The highest BCUT2D eigenvalue weighted by Crippen LogP contribution is 2.37. The number of fused-ring (bicyclic) bond motifs is 1. The van der Waals surface area contributed by atoms with Gasteiger partial charge in [0.2, 0.25) is 0 Å². The number of carboxylic acid groups (broad SMARTS) is 1. The molecule has 19 heavy (non-hydrogen) atoms. The zero-order chi connectivity index (χ0) is 14.4. The third kappa shape index (κ3) is 2.16. The maximum absolute atomic E-state index is 12.5. The quantitative estimate of drug-likeness (QED) is 0.850. The van der Waals surface area contributed by atoms with E-state index >= 15 is 0 Å². The number of halogens is 3. The Hall–Kier alpha value is -2.05. The van der Waals surface area contributed by atoms with Crippen molar-refractivity contribution >= 4 is 17.6 Å². The van der Waals surface area contributed by atoms with Crippen molar-refractivity contribution < 1.29 is 27.9 Å². The van der Waals surface area contributed by atoms with Crippen LogP contribution in [0.3, 0.4) is 0 Å². The number of anilines is 1. The first-order valence-electron chi connectivity index (χ1n) is 5.45. The van der Waals surface area contributed by atoms with E-state index < -0.39 is 24.1 Å². The van der Waals surface area contributed by atoms with Crippen LogP contribution in [0.1, 0.15) is 11.1 Å². The number of aryl methyl sites for hydroxylation is 1. The topological polar surface area (TPSA) is 57.6 Å². The van der Waals surface area contributed by atoms with Gasteiger partial charge >= 0.3 is 18.1 Å². The smallest absolute Gasteiger partial charge is 0.471 e. The van der Waals surface area contributed by atoms with E-state index in [1.165, 1.54) is 12.1 Å². The fourth-order valence-electron chi connectivity index (χ4n) is 2.22. The number of hydrogen-bond acceptors (Lipinski definition) is 2. The molecule has 1 aliphatic heterocycles. The molecule has 102 valence electrons. The van der Waals surface area contributed by atoms with Crippen molar-refractivity contribution in [1.29, 1.82) is 0 Å². The summed E-state index contributed by atoms with van der Waals surface area (Å²) in [7, 11) is 0. The van der Waals surface area contributed by atoms with Crippen molar-refractivity contribution in [2.45, 2.75) is 25.6 Å². The summed E-state index contributed by atoms with van der Waals surface area (Å²) in [5.74, 6) is -3.60. The summed E-state index contributed by atoms with van der Waals surface area (Å²) in [4.78, 5) is 22.8. The van der Waals surface area contributed by atoms with Gasteiger partial charge in [-0.3, -0.25) is 9.69 Å². The highest BCUT2D eigenvalue weighted by Gasteiger charge is 2.50. The van der Waals surface area contributed by atoms with Crippen LogP contribution in [0.15, 0.2) is 18.2 Å². The van der Waals surface area contributed by atoms with Crippen molar-refractivity contribution in [3.05, 3.63) is 29.3 Å². The molecule has 1 N–H and O–H groups in total. The minimum Gasteiger partial charge on any atom is -0.480 e. The number of aliphatic carboxylic acids is 1. The highest BCUT2D eigenvalue weighted by molar-refractivity contribution is 6.04. The molecule has 0 bridgehead atoms. The lowest BCUT2D eigenvalue weighted by Gasteiger charge is -2.23. The molecule has 1 heterocycles. The molecular weight excluding hydrogens is 263 g/mol. The van der Waals surface area contributed by atoms with E-state index in [0.29, 0.717) is 16.0 Å². The number of nitrogens with zero attached hydrogens (tertiary/aromatic N) is 1. The highest BCUT2D eigenvalue weighted by atomic mass is 19.4. The van der Waals surface area contributed by atoms with Gasteiger partial charge in [-0.2, -0.15) is 13.2 Å². The summed E-state index contributed by atoms with van der Waals surface area (Å²) in [6, 6.07) is 2.98. The average molecular weight is 273 g/mol. The van der Waals surface area contributed by atoms with E-state index in [2.05, 4.69) is 0 Å². The number of amides is 1. The minimum atomic E-state index is -5.10. The standard InChI is InChI=1S/C12H10F3NO3/c1-6-3-2-4-8-7(6)5-9(10(17)18)16(8)11(19)12(13,14)15/h2-4,9H,5H2,1H3,(H,17,18). The number of benzene rings is 1. The van der Waals surface area contributed by atoms with Crippen LogP contribution in [0.25, 0.3) is 0 Å². The second kappa shape index (κ2) is 4.25. The second-order valence-electron chi connectivity index (χ2n) is 4.30. The van der Waals surface area contributed by atoms with Crippen LogP contribution >= 0.6 is 0 Å². The lowest BCUT2D eigenvalue weighted by atomic mass is 10.0. The summed E-state index contributed by atoms with van der Waals surface area (Å²) in [6.07, 6.45) is -5.21. The molecule has 1 aliphatic rings. The molecule has 1 amide bonds. The first-order chi connectivity index (χ1) is 8.73. The molecule has 0 saturated heterocycles. The Labute approximate surface area is 106 Å². The Morgan fingerprint density at radius 1 is 1.37 bits per heavy atom. The van der Waals surface area contributed by atoms with E-state index in [0.717, 1.165) is 0 Å². The van der Waals surface area contributed by atoms with Crippen molar-refractivity contribution in [3.63, 3.8) is 0 Å². The van der Waals surface area contributed by atoms with Crippen molar-refractivity contribution in [1.82, 2.24) is 0 Å². The molecule has 7 heteroatoms. The fourth-order valence-corrected chi connectivity index (χ4v) is 2.22. The summed E-state index contributed by atoms with van der Waals surface area (Å²) >= 11 is 0. The Morgan fingerprint density at radius 3 is 2.53 bits per heavy atom. The van der Waals surface area contributed by atoms with Crippen LogP contribution in [-0.4, -0.2) is 29.2 Å². The van der Waals surface area contributed by atoms with E-state index in [9.17, 15) is 22.8 Å². The molecule has 0 fully saturated rings. The molecule has 0 spiro atoms. The molecule has 0 radical (unpaired) electrons. The molecule has 1 atom stereocenters. The maximum atomic E-state index is 12.5. The molecule has 4 nitrogen and oxygen atoms in total. The van der Waals surface area contributed by atoms with Gasteiger partial charge in [-0.1, -0.05) is 12.1 Å². The average Bonchev–Trinajstić information content (AvgIpc) is 2.67. The molecule has 2 rings (SSSR count). The molecular formula is C12H10F3NO3. The molecule has 1 unspecified atom stereocenters. The predicted octanol–water partition coefficient (Wildman–Crippen LogP) is 1.90. The minimum absolute atomic E-state index is 0.0229. The first kappa shape index (κ1) is 13.4. The first-order valence-corrected chi connectivity index (χ1v) is 5.45. The maximum Gasteiger partial charge on any atom is 0.471 e. The van der Waals surface area contributed by atoms with E-state index in [1.54, 1.807) is 13.0 Å². The van der Waals surface area contributed by atoms with Gasteiger partial charge in [0.05, 0.1) is 0 Å². The number of hydrogen-bond donors (Lipinski definition) is 1. The normalized spacial score (nSPS) is 18.3. The molecule has 1 aromatic carbocycles. The predicted molar refractivity (Wildman–Crippen MR) is 59.8 cm³/mol. The summed E-state index contributed by atoms with van der Waals surface area (Å²) in [5, 5.41) is 9.00. The van der Waals surface area contributed by atoms with Gasteiger partial charge in [0.1, 0.15) is 6.04 Å². The van der Waals surface area contributed by atoms with Gasteiger partial charge in [-0.25, -0.2) is 4.79 Å². The molecule has 1 aromatic rings. The number of carbonyl (C=O) groups excluding carboxylic acids is 1. The zero-order valence-electron chi connectivity index (χ0n) is 9.86. The van der Waals surface area contributed by atoms with E-state index in [-0.39, 0.29) is 12.1 Å². The van der Waals surface area contributed by atoms with Crippen molar-refractivity contribution in [2.75, 3.05) is 4.90 Å². The zero-order valence-corrected chi connectivity index (χ0v) is 9.86. The number of rotatable bonds is 1. The van der Waals surface area contributed by atoms with Crippen LogP contribution in [0.5, 0.6) is 0 Å². The van der Waals surface area contributed by atoms with E-state index in [4.69, 9.17) is 5.11 Å². The third-order valence-corrected chi connectivity index (χ3v) is 3.10. The number of carboxylic acids is 1. The van der Waals surface area contributed by atoms with Crippen LogP contribution in [-0.2, 0) is 16.0 Å². The van der Waals surface area contributed by atoms with Crippen LogP contribution in [0.2, 0.25) is 0 Å². The van der Waals surface area contributed by atoms with Gasteiger partial charge in [-0.15, -0.1) is 0 Å². The van der Waals surface area contributed by atoms with Crippen molar-refractivity contribution in [2.24, 2.45) is 0 Å². The Kier molecular flexibility index (Phi) is 3.00. The summed E-state index contributed by atoms with van der Waals surface area (Å²) in [6.45, 7) is 1.67. The lowest BCUT2D eigenvalue weighted by molar-refractivity contribution is -0.171. The fraction of sp³-hybridized carbons (Fsp3) is 0.333. The Balaban J connectivity index is 2.53. The van der Waals surface area contributed by atoms with Crippen LogP contribution in [0, 0.1) is 6.92 Å². The lowest BCUT2D eigenvalue weighted by Crippen LogP contribution is -2.48. The van der Waals surface area contributed by atoms with E-state index in [1.807, 2.05) is 0 Å². The monoisotopic (exact) mass is 273 g/mol. The van der Waals surface area contributed by atoms with Gasteiger partial charge in [0.25, 0.3) is 0 Å². The van der Waals surface area contributed by atoms with Gasteiger partial charge < -0.3 is 5.11 Å². The number of carbonyl (C=O) groups is 2. The van der Waals surface area contributed by atoms with Gasteiger partial charge in [0.15, 0.2) is 0 Å². The molecule has 0 aliphatic carbocycles. The van der Waals surface area contributed by atoms with Crippen LogP contribution in [0.4, 0.5) is 18.9 Å². The summed E-state index contributed by atoms with van der Waals surface area (Å²) < 4.78 is 37.6. The third-order valence-electron chi connectivity index (χ3n) is 3.10. The Bertz CT molecular complexity index is 554. The largest absolute Gasteiger partial charge is 0.480 e. The SMILES string of the molecule is Cc1cccc2c1CC(C(=O)O)N2C(=O)C(F)(F)F. The number of alkyl halides is 3. The molecule has 0 saturated carbocycles. The molecule has 0 aromatic heterocycles. The van der Waals surface area contributed by atoms with Crippen LogP contribution < -0.4 is 4.90 Å².